The van der Waals surface area contributed by atoms with E-state index in [1.807, 2.05) is 0 Å². The molecule has 1 atom stereocenters. The standard InChI is InChI=1S/C15H15FN4O3/c1-9-13(14(21)19-8-2-3-12(19)15(22)23)17-18-20(9)11-6-4-10(16)5-7-11/h4-7,12H,2-3,8H2,1H3,(H,22,23)/t12-/m1/s1. The van der Waals surface area contributed by atoms with Crippen molar-refractivity contribution in [3.8, 4) is 5.69 Å². The summed E-state index contributed by atoms with van der Waals surface area (Å²) in [4.78, 5) is 25.1. The van der Waals surface area contributed by atoms with E-state index in [9.17, 15) is 19.1 Å². The van der Waals surface area contributed by atoms with Crippen LogP contribution in [0.5, 0.6) is 0 Å². The molecule has 1 aromatic carbocycles. The molecule has 1 aromatic heterocycles. The van der Waals surface area contributed by atoms with E-state index in [0.717, 1.165) is 0 Å². The van der Waals surface area contributed by atoms with Gasteiger partial charge in [0.1, 0.15) is 11.9 Å². The van der Waals surface area contributed by atoms with E-state index in [2.05, 4.69) is 10.3 Å². The first-order chi connectivity index (χ1) is 11.0. The Labute approximate surface area is 131 Å². The first-order valence-electron chi connectivity index (χ1n) is 7.21. The highest BCUT2D eigenvalue weighted by atomic mass is 19.1. The molecule has 2 heterocycles. The quantitative estimate of drug-likeness (QED) is 0.924. The van der Waals surface area contributed by atoms with Crippen LogP contribution in [0.3, 0.4) is 0 Å². The van der Waals surface area contributed by atoms with Crippen LogP contribution in [0, 0.1) is 12.7 Å². The zero-order chi connectivity index (χ0) is 16.6. The van der Waals surface area contributed by atoms with Gasteiger partial charge in [0.05, 0.1) is 11.4 Å². The Morgan fingerprint density at radius 3 is 2.65 bits per heavy atom. The van der Waals surface area contributed by atoms with Gasteiger partial charge in [-0.3, -0.25) is 4.79 Å². The first-order valence-corrected chi connectivity index (χ1v) is 7.21. The van der Waals surface area contributed by atoms with Gasteiger partial charge in [0, 0.05) is 6.54 Å². The van der Waals surface area contributed by atoms with E-state index in [4.69, 9.17) is 0 Å². The predicted octanol–water partition coefficient (Wildman–Crippen LogP) is 1.40. The Balaban J connectivity index is 1.91. The van der Waals surface area contributed by atoms with Crippen LogP contribution in [0.1, 0.15) is 29.0 Å². The second kappa shape index (κ2) is 5.79. The Morgan fingerprint density at radius 1 is 1.30 bits per heavy atom. The maximum Gasteiger partial charge on any atom is 0.326 e. The highest BCUT2D eigenvalue weighted by Gasteiger charge is 2.36. The summed E-state index contributed by atoms with van der Waals surface area (Å²) in [5, 5.41) is 17.0. The molecule has 120 valence electrons. The van der Waals surface area contributed by atoms with Gasteiger partial charge in [0.2, 0.25) is 0 Å². The molecule has 1 N–H and O–H groups in total. The minimum Gasteiger partial charge on any atom is -0.480 e. The molecular formula is C15H15FN4O3. The van der Waals surface area contributed by atoms with Crippen molar-refractivity contribution in [2.75, 3.05) is 6.54 Å². The van der Waals surface area contributed by atoms with E-state index >= 15 is 0 Å². The van der Waals surface area contributed by atoms with Gasteiger partial charge < -0.3 is 10.0 Å². The second-order valence-corrected chi connectivity index (χ2v) is 5.41. The zero-order valence-electron chi connectivity index (χ0n) is 12.4. The number of likely N-dealkylation sites (tertiary alicyclic amines) is 1. The lowest BCUT2D eigenvalue weighted by atomic mass is 10.2. The molecule has 1 aliphatic rings. The summed E-state index contributed by atoms with van der Waals surface area (Å²) in [6.45, 7) is 2.06. The zero-order valence-corrected chi connectivity index (χ0v) is 12.4. The van der Waals surface area contributed by atoms with Gasteiger partial charge in [-0.1, -0.05) is 5.21 Å². The van der Waals surface area contributed by atoms with Crippen LogP contribution < -0.4 is 0 Å². The number of carboxylic acid groups (broad SMARTS) is 1. The van der Waals surface area contributed by atoms with Crippen molar-refractivity contribution in [1.82, 2.24) is 19.9 Å². The van der Waals surface area contributed by atoms with Crippen molar-refractivity contribution < 1.29 is 19.1 Å². The fourth-order valence-electron chi connectivity index (χ4n) is 2.76. The number of amides is 1. The molecule has 0 bridgehead atoms. The molecule has 0 aliphatic carbocycles. The molecule has 0 unspecified atom stereocenters. The number of aliphatic carboxylic acids is 1. The third kappa shape index (κ3) is 2.67. The Morgan fingerprint density at radius 2 is 2.00 bits per heavy atom. The average molecular weight is 318 g/mol. The van der Waals surface area contributed by atoms with E-state index in [1.165, 1.54) is 33.8 Å². The number of benzene rings is 1. The highest BCUT2D eigenvalue weighted by molar-refractivity contribution is 5.96. The molecule has 2 aromatic rings. The largest absolute Gasteiger partial charge is 0.480 e. The number of carboxylic acids is 1. The summed E-state index contributed by atoms with van der Waals surface area (Å²) in [6.07, 6.45) is 1.08. The molecule has 7 nitrogen and oxygen atoms in total. The maximum atomic E-state index is 13.0. The van der Waals surface area contributed by atoms with Crippen molar-refractivity contribution in [3.05, 3.63) is 41.5 Å². The second-order valence-electron chi connectivity index (χ2n) is 5.41. The van der Waals surface area contributed by atoms with Gasteiger partial charge in [-0.25, -0.2) is 13.9 Å². The van der Waals surface area contributed by atoms with Crippen LogP contribution in [0.15, 0.2) is 24.3 Å². The number of carbonyl (C=O) groups is 2. The highest BCUT2D eigenvalue weighted by Crippen LogP contribution is 2.21. The van der Waals surface area contributed by atoms with Gasteiger partial charge in [0.15, 0.2) is 5.69 Å². The van der Waals surface area contributed by atoms with Crippen LogP contribution in [0.4, 0.5) is 4.39 Å². The van der Waals surface area contributed by atoms with Crippen molar-refractivity contribution in [2.24, 2.45) is 0 Å². The third-order valence-corrected chi connectivity index (χ3v) is 3.97. The fourth-order valence-corrected chi connectivity index (χ4v) is 2.76. The minimum absolute atomic E-state index is 0.113. The van der Waals surface area contributed by atoms with Crippen LogP contribution in [-0.2, 0) is 4.79 Å². The number of hydrogen-bond acceptors (Lipinski definition) is 4. The molecule has 3 rings (SSSR count). The summed E-state index contributed by atoms with van der Waals surface area (Å²) >= 11 is 0. The van der Waals surface area contributed by atoms with Crippen molar-refractivity contribution in [1.29, 1.82) is 0 Å². The molecular weight excluding hydrogens is 303 g/mol. The molecule has 8 heteroatoms. The molecule has 1 amide bonds. The normalized spacial score (nSPS) is 17.5. The fraction of sp³-hybridized carbons (Fsp3) is 0.333. The summed E-state index contributed by atoms with van der Waals surface area (Å²) in [5.74, 6) is -1.83. The van der Waals surface area contributed by atoms with Crippen LogP contribution in [0.25, 0.3) is 5.69 Å². The summed E-state index contributed by atoms with van der Waals surface area (Å²) < 4.78 is 14.4. The number of carbonyl (C=O) groups excluding carboxylic acids is 1. The Hall–Kier alpha value is -2.77. The van der Waals surface area contributed by atoms with Crippen molar-refractivity contribution >= 4 is 11.9 Å². The van der Waals surface area contributed by atoms with Crippen LogP contribution >= 0.6 is 0 Å². The number of halogens is 1. The minimum atomic E-state index is -1.01. The topological polar surface area (TPSA) is 88.3 Å². The number of hydrogen-bond donors (Lipinski definition) is 1. The average Bonchev–Trinajstić information content (AvgIpc) is 3.14. The molecule has 0 spiro atoms. The van der Waals surface area contributed by atoms with Crippen molar-refractivity contribution in [3.63, 3.8) is 0 Å². The van der Waals surface area contributed by atoms with Gasteiger partial charge in [-0.2, -0.15) is 0 Å². The van der Waals surface area contributed by atoms with Gasteiger partial charge in [-0.05, 0) is 44.0 Å². The summed E-state index contributed by atoms with van der Waals surface area (Å²) in [7, 11) is 0. The van der Waals surface area contributed by atoms with Crippen molar-refractivity contribution in [2.45, 2.75) is 25.8 Å². The molecule has 0 saturated carbocycles. The number of nitrogens with zero attached hydrogens (tertiary/aromatic N) is 4. The maximum absolute atomic E-state index is 13.0. The van der Waals surface area contributed by atoms with Crippen LogP contribution in [-0.4, -0.2) is 49.5 Å². The molecule has 23 heavy (non-hydrogen) atoms. The smallest absolute Gasteiger partial charge is 0.326 e. The number of rotatable bonds is 3. The lowest BCUT2D eigenvalue weighted by Crippen LogP contribution is -2.40. The molecule has 1 saturated heterocycles. The predicted molar refractivity (Wildman–Crippen MR) is 77.7 cm³/mol. The molecule has 1 fully saturated rings. The Kier molecular flexibility index (Phi) is 3.81. The number of aromatic nitrogens is 3. The SMILES string of the molecule is Cc1c(C(=O)N2CCC[C@@H]2C(=O)O)nnn1-c1ccc(F)cc1. The van der Waals surface area contributed by atoms with E-state index in [1.54, 1.807) is 6.92 Å². The van der Waals surface area contributed by atoms with E-state index < -0.39 is 17.9 Å². The summed E-state index contributed by atoms with van der Waals surface area (Å²) in [6, 6.07) is 4.82. The third-order valence-electron chi connectivity index (χ3n) is 3.97. The molecule has 0 radical (unpaired) electrons. The van der Waals surface area contributed by atoms with Gasteiger partial charge in [0.25, 0.3) is 5.91 Å². The summed E-state index contributed by atoms with van der Waals surface area (Å²) in [5.41, 5.74) is 1.17. The van der Waals surface area contributed by atoms with Gasteiger partial charge in [-0.15, -0.1) is 5.10 Å². The van der Waals surface area contributed by atoms with Gasteiger partial charge >= 0.3 is 5.97 Å². The lowest BCUT2D eigenvalue weighted by molar-refractivity contribution is -0.141. The first kappa shape index (κ1) is 15.1. The lowest BCUT2D eigenvalue weighted by Gasteiger charge is -2.20. The monoisotopic (exact) mass is 318 g/mol. The Bertz CT molecular complexity index is 757. The van der Waals surface area contributed by atoms with E-state index in [-0.39, 0.29) is 11.5 Å². The molecule has 1 aliphatic heterocycles. The van der Waals surface area contributed by atoms with E-state index in [0.29, 0.717) is 30.8 Å². The van der Waals surface area contributed by atoms with Crippen LogP contribution in [0.2, 0.25) is 0 Å².